The van der Waals surface area contributed by atoms with Crippen LogP contribution in [0.25, 0.3) is 0 Å². The number of rotatable bonds is 1. The Balaban J connectivity index is 1.70. The first-order chi connectivity index (χ1) is 9.94. The highest BCUT2D eigenvalue weighted by Crippen LogP contribution is 2.24. The molecule has 6 nitrogen and oxygen atoms in total. The fourth-order valence-corrected chi connectivity index (χ4v) is 4.52. The number of hydrogen-bond acceptors (Lipinski definition) is 4. The molecule has 2 aliphatic rings. The van der Waals surface area contributed by atoms with Crippen LogP contribution in [0.1, 0.15) is 24.1 Å². The molecule has 1 fully saturated rings. The number of nitrogens with zero attached hydrogens (tertiary/aromatic N) is 1. The van der Waals surface area contributed by atoms with E-state index in [1.54, 1.807) is 11.0 Å². The van der Waals surface area contributed by atoms with E-state index in [1.807, 2.05) is 0 Å². The van der Waals surface area contributed by atoms with Crippen LogP contribution in [0.5, 0.6) is 0 Å². The zero-order valence-electron chi connectivity index (χ0n) is 11.7. The third-order valence-electron chi connectivity index (χ3n) is 4.31. The van der Waals surface area contributed by atoms with Gasteiger partial charge >= 0.3 is 0 Å². The normalized spacial score (nSPS) is 21.8. The zero-order chi connectivity index (χ0) is 15.0. The van der Waals surface area contributed by atoms with Gasteiger partial charge in [0.15, 0.2) is 0 Å². The highest BCUT2D eigenvalue weighted by molar-refractivity contribution is 7.91. The van der Waals surface area contributed by atoms with Crippen molar-refractivity contribution < 1.29 is 13.2 Å². The lowest BCUT2D eigenvalue weighted by atomic mass is 9.98. The van der Waals surface area contributed by atoms with Crippen molar-refractivity contribution in [3.8, 4) is 0 Å². The smallest absolute Gasteiger partial charge is 0.248 e. The predicted octanol–water partition coefficient (Wildman–Crippen LogP) is 0.0844. The molecule has 0 unspecified atom stereocenters. The summed E-state index contributed by atoms with van der Waals surface area (Å²) < 4.78 is 22.9. The van der Waals surface area contributed by atoms with Gasteiger partial charge in [0.05, 0.1) is 11.5 Å². The predicted molar refractivity (Wildman–Crippen MR) is 77.6 cm³/mol. The molecular weight excluding hydrogens is 292 g/mol. The molecule has 3 rings (SSSR count). The number of carbonyl (C=O) groups is 1. The van der Waals surface area contributed by atoms with Crippen LogP contribution < -0.4 is 5.56 Å². The van der Waals surface area contributed by atoms with Crippen LogP contribution in [-0.2, 0) is 27.6 Å². The molecular formula is C14H18N2O4S. The van der Waals surface area contributed by atoms with Crippen LogP contribution >= 0.6 is 0 Å². The fraction of sp³-hybridized carbons (Fsp3) is 0.571. The molecule has 2 aliphatic heterocycles. The van der Waals surface area contributed by atoms with E-state index in [0.29, 0.717) is 32.4 Å². The van der Waals surface area contributed by atoms with Gasteiger partial charge < -0.3 is 9.88 Å². The minimum atomic E-state index is -2.94. The maximum Gasteiger partial charge on any atom is 0.248 e. The van der Waals surface area contributed by atoms with E-state index in [4.69, 9.17) is 0 Å². The van der Waals surface area contributed by atoms with Gasteiger partial charge in [-0.1, -0.05) is 6.07 Å². The van der Waals surface area contributed by atoms with Gasteiger partial charge in [0, 0.05) is 37.2 Å². The molecule has 7 heteroatoms. The van der Waals surface area contributed by atoms with Gasteiger partial charge in [0.1, 0.15) is 9.84 Å². The molecule has 21 heavy (non-hydrogen) atoms. The number of aromatic nitrogens is 1. The van der Waals surface area contributed by atoms with Gasteiger partial charge in [-0.3, -0.25) is 9.59 Å². The van der Waals surface area contributed by atoms with Gasteiger partial charge in [-0.05, 0) is 18.4 Å². The maximum atomic E-state index is 12.5. The van der Waals surface area contributed by atoms with Gasteiger partial charge in [-0.15, -0.1) is 0 Å². The second-order valence-electron chi connectivity index (χ2n) is 5.76. The van der Waals surface area contributed by atoms with Crippen molar-refractivity contribution in [2.45, 2.75) is 25.8 Å². The maximum absolute atomic E-state index is 12.5. The van der Waals surface area contributed by atoms with E-state index >= 15 is 0 Å². The summed E-state index contributed by atoms with van der Waals surface area (Å²) in [5.41, 5.74) is 1.75. The Morgan fingerprint density at radius 1 is 1.24 bits per heavy atom. The number of amides is 1. The highest BCUT2D eigenvalue weighted by atomic mass is 32.2. The van der Waals surface area contributed by atoms with Crippen LogP contribution in [0, 0.1) is 5.92 Å². The monoisotopic (exact) mass is 310 g/mol. The van der Waals surface area contributed by atoms with Crippen molar-refractivity contribution >= 4 is 15.7 Å². The molecule has 0 aliphatic carbocycles. The number of nitrogens with one attached hydrogen (secondary N) is 1. The number of fused-ring (bicyclic) bond motifs is 1. The lowest BCUT2D eigenvalue weighted by Crippen LogP contribution is -2.42. The van der Waals surface area contributed by atoms with Gasteiger partial charge in [-0.25, -0.2) is 8.42 Å². The largest absolute Gasteiger partial charge is 0.338 e. The summed E-state index contributed by atoms with van der Waals surface area (Å²) in [5, 5.41) is 0. The van der Waals surface area contributed by atoms with E-state index in [2.05, 4.69) is 4.98 Å². The fourth-order valence-electron chi connectivity index (χ4n) is 3.03. The molecule has 0 radical (unpaired) electrons. The molecule has 0 bridgehead atoms. The third-order valence-corrected chi connectivity index (χ3v) is 6.02. The minimum absolute atomic E-state index is 0.0433. The van der Waals surface area contributed by atoms with E-state index < -0.39 is 9.84 Å². The van der Waals surface area contributed by atoms with E-state index in [1.165, 1.54) is 6.07 Å². The van der Waals surface area contributed by atoms with Crippen LogP contribution in [0.3, 0.4) is 0 Å². The average Bonchev–Trinajstić information content (AvgIpc) is 2.46. The molecule has 3 heterocycles. The molecule has 0 atom stereocenters. The number of hydrogen-bond donors (Lipinski definition) is 1. The summed E-state index contributed by atoms with van der Waals surface area (Å²) in [4.78, 5) is 28.4. The molecule has 1 N–H and O–H groups in total. The van der Waals surface area contributed by atoms with Crippen molar-refractivity contribution in [1.29, 1.82) is 0 Å². The van der Waals surface area contributed by atoms with Gasteiger partial charge in [0.25, 0.3) is 0 Å². The van der Waals surface area contributed by atoms with Crippen molar-refractivity contribution in [3.05, 3.63) is 33.7 Å². The molecule has 1 saturated heterocycles. The Morgan fingerprint density at radius 2 is 1.95 bits per heavy atom. The van der Waals surface area contributed by atoms with Crippen LogP contribution in [0.2, 0.25) is 0 Å². The first-order valence-corrected chi connectivity index (χ1v) is 8.97. The molecule has 1 amide bonds. The number of aromatic amines is 1. The number of pyridine rings is 1. The molecule has 1 aromatic rings. The summed E-state index contributed by atoms with van der Waals surface area (Å²) >= 11 is 0. The summed E-state index contributed by atoms with van der Waals surface area (Å²) in [7, 11) is -2.94. The molecule has 0 spiro atoms. The van der Waals surface area contributed by atoms with Crippen molar-refractivity contribution in [2.75, 3.05) is 18.1 Å². The molecule has 1 aromatic heterocycles. The van der Waals surface area contributed by atoms with Crippen molar-refractivity contribution in [3.63, 3.8) is 0 Å². The Hall–Kier alpha value is -1.63. The lowest BCUT2D eigenvalue weighted by Gasteiger charge is -2.32. The summed E-state index contributed by atoms with van der Waals surface area (Å²) in [6, 6.07) is 3.24. The number of carbonyl (C=O) groups excluding carboxylic acids is 1. The molecule has 0 aromatic carbocycles. The van der Waals surface area contributed by atoms with Gasteiger partial charge in [-0.2, -0.15) is 0 Å². The summed E-state index contributed by atoms with van der Waals surface area (Å²) in [5.74, 6) is 0.0852. The minimum Gasteiger partial charge on any atom is -0.338 e. The third kappa shape index (κ3) is 3.02. The van der Waals surface area contributed by atoms with E-state index in [9.17, 15) is 18.0 Å². The Kier molecular flexibility index (Phi) is 3.61. The number of sulfone groups is 1. The SMILES string of the molecule is O=C(C1CCS(=O)(=O)CC1)N1CCc2[nH]c(=O)ccc2C1. The van der Waals surface area contributed by atoms with Crippen LogP contribution in [-0.4, -0.2) is 42.3 Å². The summed E-state index contributed by atoms with van der Waals surface area (Å²) in [6.45, 7) is 1.07. The van der Waals surface area contributed by atoms with Crippen LogP contribution in [0.4, 0.5) is 0 Å². The Labute approximate surface area is 123 Å². The van der Waals surface area contributed by atoms with Crippen molar-refractivity contribution in [2.24, 2.45) is 5.92 Å². The summed E-state index contributed by atoms with van der Waals surface area (Å²) in [6.07, 6.45) is 1.49. The molecule has 114 valence electrons. The topological polar surface area (TPSA) is 87.3 Å². The highest BCUT2D eigenvalue weighted by Gasteiger charge is 2.32. The zero-order valence-corrected chi connectivity index (χ0v) is 12.5. The van der Waals surface area contributed by atoms with Gasteiger partial charge in [0.2, 0.25) is 11.5 Å². The Bertz CT molecular complexity index is 709. The van der Waals surface area contributed by atoms with E-state index in [-0.39, 0.29) is 28.9 Å². The first-order valence-electron chi connectivity index (χ1n) is 7.15. The second-order valence-corrected chi connectivity index (χ2v) is 8.07. The Morgan fingerprint density at radius 3 is 2.67 bits per heavy atom. The lowest BCUT2D eigenvalue weighted by molar-refractivity contribution is -0.136. The standard InChI is InChI=1S/C14H18N2O4S/c17-13-2-1-11-9-16(6-3-12(11)15-13)14(18)10-4-7-21(19,20)8-5-10/h1-2,10H,3-9H2,(H,15,17). The van der Waals surface area contributed by atoms with E-state index in [0.717, 1.165) is 11.3 Å². The second kappa shape index (κ2) is 5.29. The molecule has 0 saturated carbocycles. The van der Waals surface area contributed by atoms with Crippen LogP contribution in [0.15, 0.2) is 16.9 Å². The average molecular weight is 310 g/mol. The number of H-pyrrole nitrogens is 1. The van der Waals surface area contributed by atoms with Crippen molar-refractivity contribution in [1.82, 2.24) is 9.88 Å². The quantitative estimate of drug-likeness (QED) is 0.796. The first kappa shape index (κ1) is 14.3.